The number of methoxy groups -OCH3 is 4. The standard InChI is InChI=1S/C52H63N8O7/c1-10-34(31(2)63-6)27-60(51(61)49(32(3)64-7)58(5)52(62)66-9)29-47-53-26-43(55-47)37-18-20-39-38(23-37)30-67-46-25-40-36(24-41(39)46)19-21-42-48(40)57-50(56-42)45-17-14-22-59(45)28-44(54-33(4)65-8)35-15-12-11-13-16-35/h11-13,15,18-21,23-26,32,34-35,44-45,49,54H,2,4-5,10,14,16-17,22,27-30H2,1,3,6-9H3,(H,53,55)(H,56,57)/q+1. The van der Waals surface area contributed by atoms with Crippen LogP contribution in [-0.4, -0.2) is 119 Å². The second kappa shape index (κ2) is 20.4. The van der Waals surface area contributed by atoms with Crippen LogP contribution in [0.2, 0.25) is 0 Å². The van der Waals surface area contributed by atoms with Gasteiger partial charge in [0.25, 0.3) is 11.9 Å². The molecule has 3 aliphatic rings. The van der Waals surface area contributed by atoms with Crippen molar-refractivity contribution in [3.8, 4) is 28.1 Å². The van der Waals surface area contributed by atoms with Crippen LogP contribution in [0, 0.1) is 11.8 Å². The van der Waals surface area contributed by atoms with Crippen LogP contribution in [0.1, 0.15) is 62.8 Å². The molecular formula is C52H63N8O7+. The zero-order valence-electron chi connectivity index (χ0n) is 39.5. The lowest BCUT2D eigenvalue weighted by Crippen LogP contribution is -2.52. The summed E-state index contributed by atoms with van der Waals surface area (Å²) in [7, 11) is 5.94. The van der Waals surface area contributed by atoms with E-state index in [1.165, 1.54) is 14.2 Å². The van der Waals surface area contributed by atoms with E-state index < -0.39 is 18.2 Å². The van der Waals surface area contributed by atoms with Crippen molar-refractivity contribution >= 4 is 40.5 Å². The Hall–Kier alpha value is -6.71. The molecule has 5 aromatic rings. The van der Waals surface area contributed by atoms with Crippen molar-refractivity contribution in [3.05, 3.63) is 115 Å². The van der Waals surface area contributed by atoms with E-state index in [1.54, 1.807) is 32.2 Å². The molecule has 4 heterocycles. The maximum Gasteiger partial charge on any atom is 0.596 e. The van der Waals surface area contributed by atoms with E-state index in [9.17, 15) is 9.59 Å². The minimum atomic E-state index is -1.07. The summed E-state index contributed by atoms with van der Waals surface area (Å²) in [6.07, 6.45) is 12.8. The van der Waals surface area contributed by atoms with Crippen LogP contribution < -0.4 is 10.1 Å². The Balaban J connectivity index is 1.03. The fourth-order valence-electron chi connectivity index (χ4n) is 9.72. The number of nitrogens with one attached hydrogen (secondary N) is 3. The van der Waals surface area contributed by atoms with Crippen molar-refractivity contribution in [3.63, 3.8) is 0 Å². The molecule has 0 saturated carbocycles. The Morgan fingerprint density at radius 1 is 1.04 bits per heavy atom. The van der Waals surface area contributed by atoms with Gasteiger partial charge >= 0.3 is 6.09 Å². The summed E-state index contributed by atoms with van der Waals surface area (Å²) in [6, 6.07) is 14.2. The van der Waals surface area contributed by atoms with E-state index in [1.807, 2.05) is 6.92 Å². The molecule has 15 nitrogen and oxygen atoms in total. The van der Waals surface area contributed by atoms with Crippen LogP contribution in [0.15, 0.2) is 97.8 Å². The first-order valence-electron chi connectivity index (χ1n) is 23.0. The Kier molecular flexibility index (Phi) is 14.3. The molecule has 3 N–H and O–H groups in total. The largest absolute Gasteiger partial charge is 0.596 e. The molecule has 6 unspecified atom stereocenters. The third-order valence-electron chi connectivity index (χ3n) is 13.7. The molecule has 6 atom stereocenters. The second-order valence-electron chi connectivity index (χ2n) is 17.6. The first-order valence-corrected chi connectivity index (χ1v) is 23.0. The number of nitrogens with zero attached hydrogens (tertiary/aromatic N) is 5. The number of ether oxygens (including phenoxy) is 5. The van der Waals surface area contributed by atoms with Crippen molar-refractivity contribution in [2.45, 2.75) is 76.9 Å². The van der Waals surface area contributed by atoms with Crippen molar-refractivity contribution in [1.82, 2.24) is 35.1 Å². The highest BCUT2D eigenvalue weighted by molar-refractivity contribution is 6.07. The van der Waals surface area contributed by atoms with E-state index in [0.29, 0.717) is 36.4 Å². The average molecular weight is 912 g/mol. The van der Waals surface area contributed by atoms with Crippen molar-refractivity contribution in [1.29, 1.82) is 0 Å². The number of amides is 2. The summed E-state index contributed by atoms with van der Waals surface area (Å²) in [5.74, 6) is 3.26. The minimum absolute atomic E-state index is 0.117. The Morgan fingerprint density at radius 3 is 2.61 bits per heavy atom. The number of benzene rings is 3. The van der Waals surface area contributed by atoms with Crippen LogP contribution in [0.3, 0.4) is 0 Å². The Morgan fingerprint density at radius 2 is 1.88 bits per heavy atom. The topological polar surface area (TPSA) is 159 Å². The monoisotopic (exact) mass is 911 g/mol. The summed E-state index contributed by atoms with van der Waals surface area (Å²) < 4.78 is 28.9. The van der Waals surface area contributed by atoms with Gasteiger partial charge in [0.15, 0.2) is 5.88 Å². The van der Waals surface area contributed by atoms with Crippen molar-refractivity contribution in [2.24, 2.45) is 11.8 Å². The molecule has 0 bridgehead atoms. The highest BCUT2D eigenvalue weighted by Crippen LogP contribution is 2.43. The predicted molar refractivity (Wildman–Crippen MR) is 259 cm³/mol. The second-order valence-corrected chi connectivity index (χ2v) is 17.6. The number of H-pyrrole nitrogens is 2. The highest BCUT2D eigenvalue weighted by Gasteiger charge is 2.43. The summed E-state index contributed by atoms with van der Waals surface area (Å²) in [5.41, 5.74) is 6.81. The number of hydrogen-bond donors (Lipinski definition) is 3. The molecule has 2 aromatic heterocycles. The number of rotatable bonds is 19. The number of imidazole rings is 2. The molecule has 2 aliphatic heterocycles. The van der Waals surface area contributed by atoms with Gasteiger partial charge in [0.05, 0.1) is 62.6 Å². The van der Waals surface area contributed by atoms with E-state index in [4.69, 9.17) is 33.7 Å². The third kappa shape index (κ3) is 9.75. The van der Waals surface area contributed by atoms with Crippen LogP contribution in [-0.2, 0) is 36.9 Å². The predicted octanol–water partition coefficient (Wildman–Crippen LogP) is 8.41. The van der Waals surface area contributed by atoms with Crippen LogP contribution in [0.5, 0.6) is 5.75 Å². The van der Waals surface area contributed by atoms with Gasteiger partial charge < -0.3 is 43.9 Å². The lowest BCUT2D eigenvalue weighted by atomic mass is 9.92. The minimum Gasteiger partial charge on any atom is -0.501 e. The normalized spacial score (nSPS) is 18.3. The first-order chi connectivity index (χ1) is 32.4. The van der Waals surface area contributed by atoms with Crippen LogP contribution >= 0.6 is 0 Å². The fraction of sp³-hybridized carbons (Fsp3) is 0.404. The summed E-state index contributed by atoms with van der Waals surface area (Å²) in [5, 5.41) is 5.67. The van der Waals surface area contributed by atoms with Crippen molar-refractivity contribution in [2.75, 3.05) is 48.1 Å². The molecule has 0 spiro atoms. The summed E-state index contributed by atoms with van der Waals surface area (Å²) in [4.78, 5) is 48.3. The lowest BCUT2D eigenvalue weighted by Gasteiger charge is -2.33. The van der Waals surface area contributed by atoms with Gasteiger partial charge in [-0.2, -0.15) is 4.79 Å². The first kappa shape index (κ1) is 46.8. The number of aromatic nitrogens is 4. The molecular weight excluding hydrogens is 849 g/mol. The third-order valence-corrected chi connectivity index (χ3v) is 13.7. The van der Waals surface area contributed by atoms with Gasteiger partial charge in [-0.15, -0.1) is 4.58 Å². The van der Waals surface area contributed by atoms with Gasteiger partial charge in [-0.3, -0.25) is 9.69 Å². The number of carbonyl (C=O) groups excluding carboxylic acids is 2. The fourth-order valence-corrected chi connectivity index (χ4v) is 9.72. The Labute approximate surface area is 392 Å². The number of fused-ring (bicyclic) bond motifs is 6. The SMILES string of the molecule is C=C(NC(CN1CCCC1c1nc2c(ccc3cc4c(cc32)OCc2cc(-c3cnc(CN(CC(CC)C(=C)OC)C(=O)C(C(C)OC)[N+](=C)C(=O)OC)[nH]3)ccc2-4)[nH]1)C1C=CC=CC1)OC. The number of hydrogen-bond acceptors (Lipinski definition) is 11. The van der Waals surface area contributed by atoms with Gasteiger partial charge in [-0.25, -0.2) is 9.97 Å². The summed E-state index contributed by atoms with van der Waals surface area (Å²) >= 11 is 0. The molecule has 8 rings (SSSR count). The number of likely N-dealkylation sites (tertiary alicyclic amines) is 1. The average Bonchev–Trinajstić information content (AvgIpc) is 4.14. The van der Waals surface area contributed by atoms with E-state index in [-0.39, 0.29) is 37.0 Å². The summed E-state index contributed by atoms with van der Waals surface area (Å²) in [6.45, 7) is 18.3. The zero-order valence-corrected chi connectivity index (χ0v) is 39.5. The zero-order chi connectivity index (χ0) is 47.4. The molecule has 15 heteroatoms. The molecule has 1 aliphatic carbocycles. The maximum atomic E-state index is 14.3. The molecule has 352 valence electrons. The van der Waals surface area contributed by atoms with E-state index in [2.05, 4.69) is 107 Å². The Bertz CT molecular complexity index is 2740. The molecule has 1 saturated heterocycles. The quantitative estimate of drug-likeness (QED) is 0.0415. The number of carbonyl (C=O) groups is 2. The van der Waals surface area contributed by atoms with Crippen molar-refractivity contribution < 1.29 is 37.8 Å². The molecule has 3 aromatic carbocycles. The van der Waals surface area contributed by atoms with Gasteiger partial charge in [-0.1, -0.05) is 56.0 Å². The van der Waals surface area contributed by atoms with Crippen LogP contribution in [0.25, 0.3) is 44.2 Å². The molecule has 67 heavy (non-hydrogen) atoms. The number of aromatic amines is 2. The number of allylic oxidation sites excluding steroid dienone is 3. The van der Waals surface area contributed by atoms with Crippen LogP contribution in [0.4, 0.5) is 4.79 Å². The van der Waals surface area contributed by atoms with Gasteiger partial charge in [0, 0.05) is 49.0 Å². The maximum absolute atomic E-state index is 14.3. The molecule has 0 radical (unpaired) electrons. The van der Waals surface area contributed by atoms with Gasteiger partial charge in [0.1, 0.15) is 36.8 Å². The molecule has 1 fully saturated rings. The lowest BCUT2D eigenvalue weighted by molar-refractivity contribution is -0.479. The van der Waals surface area contributed by atoms with E-state index >= 15 is 0 Å². The van der Waals surface area contributed by atoms with E-state index in [0.717, 1.165) is 98.3 Å². The molecule has 2 amide bonds. The van der Waals surface area contributed by atoms with Gasteiger partial charge in [0.2, 0.25) is 0 Å². The smallest absolute Gasteiger partial charge is 0.501 e. The van der Waals surface area contributed by atoms with Gasteiger partial charge in [-0.05, 0) is 92.1 Å². The highest BCUT2D eigenvalue weighted by atomic mass is 16.5.